The molecule has 2 aromatic rings. The molecule has 0 spiro atoms. The largest absolute Gasteiger partial charge is 0.380 e. The van der Waals surface area contributed by atoms with Gasteiger partial charge in [0, 0.05) is 24.7 Å². The standard InChI is InChI=1S/C15H16N2O2/c1-19-9-10-3-2-4-12(7-10)15-16-13(11-5-6-11)8-14(18)17-15/h2-4,7-8,11H,5-6,9H2,1H3,(H,16,17,18). The highest BCUT2D eigenvalue weighted by Gasteiger charge is 2.25. The Morgan fingerprint density at radius 2 is 2.21 bits per heavy atom. The van der Waals surface area contributed by atoms with Crippen LogP contribution in [0, 0.1) is 0 Å². The summed E-state index contributed by atoms with van der Waals surface area (Å²) >= 11 is 0. The van der Waals surface area contributed by atoms with Crippen LogP contribution in [-0.2, 0) is 11.3 Å². The molecule has 0 saturated heterocycles. The van der Waals surface area contributed by atoms with Crippen molar-refractivity contribution >= 4 is 0 Å². The van der Waals surface area contributed by atoms with Crippen LogP contribution in [0.2, 0.25) is 0 Å². The maximum Gasteiger partial charge on any atom is 0.251 e. The van der Waals surface area contributed by atoms with Crippen molar-refractivity contribution in [2.24, 2.45) is 0 Å². The molecule has 19 heavy (non-hydrogen) atoms. The summed E-state index contributed by atoms with van der Waals surface area (Å²) in [5.74, 6) is 1.12. The highest BCUT2D eigenvalue weighted by Crippen LogP contribution is 2.38. The molecule has 1 aromatic heterocycles. The van der Waals surface area contributed by atoms with Crippen molar-refractivity contribution in [2.45, 2.75) is 25.4 Å². The van der Waals surface area contributed by atoms with Crippen LogP contribution in [0.15, 0.2) is 35.1 Å². The van der Waals surface area contributed by atoms with Gasteiger partial charge in [-0.3, -0.25) is 4.79 Å². The number of H-pyrrole nitrogens is 1. The molecule has 1 fully saturated rings. The van der Waals surface area contributed by atoms with Gasteiger partial charge in [0.15, 0.2) is 0 Å². The van der Waals surface area contributed by atoms with Gasteiger partial charge >= 0.3 is 0 Å². The number of ether oxygens (including phenoxy) is 1. The van der Waals surface area contributed by atoms with Crippen LogP contribution < -0.4 is 5.56 Å². The minimum absolute atomic E-state index is 0.0796. The Bertz CT molecular complexity index is 645. The zero-order valence-electron chi connectivity index (χ0n) is 10.8. The summed E-state index contributed by atoms with van der Waals surface area (Å²) in [5.41, 5.74) is 2.83. The minimum atomic E-state index is -0.0796. The molecule has 1 heterocycles. The zero-order chi connectivity index (χ0) is 13.2. The molecule has 0 aliphatic heterocycles. The fraction of sp³-hybridized carbons (Fsp3) is 0.333. The lowest BCUT2D eigenvalue weighted by molar-refractivity contribution is 0.185. The number of nitrogens with one attached hydrogen (secondary N) is 1. The lowest BCUT2D eigenvalue weighted by Crippen LogP contribution is -2.10. The zero-order valence-corrected chi connectivity index (χ0v) is 10.8. The molecule has 1 saturated carbocycles. The average Bonchev–Trinajstić information content (AvgIpc) is 3.23. The Morgan fingerprint density at radius 1 is 1.37 bits per heavy atom. The van der Waals surface area contributed by atoms with E-state index in [1.807, 2.05) is 24.3 Å². The Morgan fingerprint density at radius 3 is 2.95 bits per heavy atom. The molecule has 0 unspecified atom stereocenters. The lowest BCUT2D eigenvalue weighted by Gasteiger charge is -2.06. The summed E-state index contributed by atoms with van der Waals surface area (Å²) in [6.07, 6.45) is 2.28. The fourth-order valence-corrected chi connectivity index (χ4v) is 2.18. The summed E-state index contributed by atoms with van der Waals surface area (Å²) in [6, 6.07) is 9.51. The first-order chi connectivity index (χ1) is 9.26. The van der Waals surface area contributed by atoms with E-state index in [1.54, 1.807) is 13.2 Å². The monoisotopic (exact) mass is 256 g/mol. The van der Waals surface area contributed by atoms with Crippen molar-refractivity contribution in [3.8, 4) is 11.4 Å². The van der Waals surface area contributed by atoms with Crippen LogP contribution in [0.1, 0.15) is 30.0 Å². The molecule has 1 aliphatic rings. The molecule has 1 aromatic carbocycles. The molecule has 4 heteroatoms. The molecular weight excluding hydrogens is 240 g/mol. The van der Waals surface area contributed by atoms with E-state index >= 15 is 0 Å². The van der Waals surface area contributed by atoms with Crippen molar-refractivity contribution in [1.82, 2.24) is 9.97 Å². The van der Waals surface area contributed by atoms with Crippen LogP contribution >= 0.6 is 0 Å². The van der Waals surface area contributed by atoms with E-state index in [0.29, 0.717) is 18.3 Å². The Labute approximate surface area is 111 Å². The number of hydrogen-bond acceptors (Lipinski definition) is 3. The first kappa shape index (κ1) is 12.1. The van der Waals surface area contributed by atoms with E-state index in [-0.39, 0.29) is 5.56 Å². The van der Waals surface area contributed by atoms with Crippen LogP contribution in [0.25, 0.3) is 11.4 Å². The second-order valence-corrected chi connectivity index (χ2v) is 4.93. The van der Waals surface area contributed by atoms with Crippen molar-refractivity contribution in [3.63, 3.8) is 0 Å². The van der Waals surface area contributed by atoms with Gasteiger partial charge in [-0.05, 0) is 24.5 Å². The van der Waals surface area contributed by atoms with E-state index in [2.05, 4.69) is 9.97 Å². The molecule has 0 bridgehead atoms. The van der Waals surface area contributed by atoms with Gasteiger partial charge in [0.2, 0.25) is 0 Å². The molecule has 3 rings (SSSR count). The molecule has 0 amide bonds. The van der Waals surface area contributed by atoms with Crippen LogP contribution in [0.3, 0.4) is 0 Å². The van der Waals surface area contributed by atoms with E-state index in [0.717, 1.165) is 29.7 Å². The Kier molecular flexibility index (Phi) is 3.17. The molecule has 0 atom stereocenters. The summed E-state index contributed by atoms with van der Waals surface area (Å²) in [7, 11) is 1.67. The topological polar surface area (TPSA) is 55.0 Å². The number of hydrogen-bond donors (Lipinski definition) is 1. The average molecular weight is 256 g/mol. The van der Waals surface area contributed by atoms with Crippen molar-refractivity contribution in [2.75, 3.05) is 7.11 Å². The van der Waals surface area contributed by atoms with E-state index in [1.165, 1.54) is 0 Å². The van der Waals surface area contributed by atoms with E-state index in [9.17, 15) is 4.79 Å². The third-order valence-corrected chi connectivity index (χ3v) is 3.27. The summed E-state index contributed by atoms with van der Waals surface area (Å²) in [6.45, 7) is 0.556. The lowest BCUT2D eigenvalue weighted by atomic mass is 10.1. The molecular formula is C15H16N2O2. The van der Waals surface area contributed by atoms with Gasteiger partial charge in [0.25, 0.3) is 5.56 Å². The molecule has 1 aliphatic carbocycles. The maximum atomic E-state index is 11.7. The normalized spacial score (nSPS) is 14.6. The van der Waals surface area contributed by atoms with Gasteiger partial charge in [0.05, 0.1) is 12.3 Å². The Balaban J connectivity index is 2.00. The van der Waals surface area contributed by atoms with Crippen LogP contribution in [0.4, 0.5) is 0 Å². The number of rotatable bonds is 4. The maximum absolute atomic E-state index is 11.7. The van der Waals surface area contributed by atoms with E-state index < -0.39 is 0 Å². The summed E-state index contributed by atoms with van der Waals surface area (Å²) < 4.78 is 5.12. The minimum Gasteiger partial charge on any atom is -0.380 e. The second-order valence-electron chi connectivity index (χ2n) is 4.93. The smallest absolute Gasteiger partial charge is 0.251 e. The van der Waals surface area contributed by atoms with Crippen molar-refractivity contribution in [3.05, 3.63) is 51.9 Å². The first-order valence-electron chi connectivity index (χ1n) is 6.46. The van der Waals surface area contributed by atoms with Crippen LogP contribution in [-0.4, -0.2) is 17.1 Å². The number of methoxy groups -OCH3 is 1. The SMILES string of the molecule is COCc1cccc(-c2nc(C3CC3)cc(=O)[nH]2)c1. The predicted molar refractivity (Wildman–Crippen MR) is 73.0 cm³/mol. The first-order valence-corrected chi connectivity index (χ1v) is 6.46. The fourth-order valence-electron chi connectivity index (χ4n) is 2.18. The predicted octanol–water partition coefficient (Wildman–Crippen LogP) is 2.46. The van der Waals surface area contributed by atoms with Gasteiger partial charge in [-0.1, -0.05) is 18.2 Å². The van der Waals surface area contributed by atoms with Gasteiger partial charge in [-0.15, -0.1) is 0 Å². The van der Waals surface area contributed by atoms with Gasteiger partial charge in [-0.25, -0.2) is 4.98 Å². The molecule has 98 valence electrons. The molecule has 1 N–H and O–H groups in total. The van der Waals surface area contributed by atoms with E-state index in [4.69, 9.17) is 4.74 Å². The van der Waals surface area contributed by atoms with Crippen molar-refractivity contribution < 1.29 is 4.74 Å². The summed E-state index contributed by atoms with van der Waals surface area (Å²) in [4.78, 5) is 19.1. The molecule has 0 radical (unpaired) electrons. The van der Waals surface area contributed by atoms with Gasteiger partial charge in [-0.2, -0.15) is 0 Å². The number of aromatic nitrogens is 2. The summed E-state index contributed by atoms with van der Waals surface area (Å²) in [5, 5.41) is 0. The molecule has 4 nitrogen and oxygen atoms in total. The quantitative estimate of drug-likeness (QED) is 0.914. The van der Waals surface area contributed by atoms with Gasteiger partial charge in [0.1, 0.15) is 5.82 Å². The third kappa shape index (κ3) is 2.74. The van der Waals surface area contributed by atoms with Crippen molar-refractivity contribution in [1.29, 1.82) is 0 Å². The van der Waals surface area contributed by atoms with Gasteiger partial charge < -0.3 is 9.72 Å². The van der Waals surface area contributed by atoms with Crippen LogP contribution in [0.5, 0.6) is 0 Å². The number of nitrogens with zero attached hydrogens (tertiary/aromatic N) is 1. The third-order valence-electron chi connectivity index (χ3n) is 3.27. The highest BCUT2D eigenvalue weighted by molar-refractivity contribution is 5.56. The second kappa shape index (κ2) is 4.97. The number of aromatic amines is 1. The number of benzene rings is 1. The Hall–Kier alpha value is -1.94. The highest BCUT2D eigenvalue weighted by atomic mass is 16.5.